The molecule has 132 valence electrons. The molecule has 1 aliphatic carbocycles. The van der Waals surface area contributed by atoms with Gasteiger partial charge in [0.1, 0.15) is 17.1 Å². The maximum Gasteiger partial charge on any atom is 0.127 e. The van der Waals surface area contributed by atoms with Crippen molar-refractivity contribution in [2.75, 3.05) is 4.43 Å². The first kappa shape index (κ1) is 18.1. The van der Waals surface area contributed by atoms with Crippen molar-refractivity contribution >= 4 is 22.6 Å². The van der Waals surface area contributed by atoms with E-state index in [2.05, 4.69) is 55.5 Å². The molecule has 1 aliphatic heterocycles. The molecule has 0 saturated carbocycles. The summed E-state index contributed by atoms with van der Waals surface area (Å²) in [5, 5.41) is 10.7. The number of unbranched alkanes of at least 4 members (excludes halogenated alkanes) is 2. The molecule has 0 fully saturated rings. The molecule has 0 radical (unpaired) electrons. The molecule has 0 aromatic heterocycles. The van der Waals surface area contributed by atoms with Crippen molar-refractivity contribution in [2.45, 2.75) is 70.8 Å². The van der Waals surface area contributed by atoms with Gasteiger partial charge in [-0.3, -0.25) is 0 Å². The molecule has 0 bridgehead atoms. The highest BCUT2D eigenvalue weighted by Crippen LogP contribution is 2.53. The van der Waals surface area contributed by atoms with E-state index in [4.69, 9.17) is 4.74 Å². The largest absolute Gasteiger partial charge is 0.507 e. The summed E-state index contributed by atoms with van der Waals surface area (Å²) >= 11 is 2.43. The summed E-state index contributed by atoms with van der Waals surface area (Å²) in [4.78, 5) is 0. The van der Waals surface area contributed by atoms with Crippen LogP contribution in [-0.4, -0.2) is 15.1 Å². The number of benzene rings is 1. The van der Waals surface area contributed by atoms with Gasteiger partial charge in [-0.05, 0) is 75.0 Å². The van der Waals surface area contributed by atoms with Gasteiger partial charge in [0.05, 0.1) is 0 Å². The van der Waals surface area contributed by atoms with Gasteiger partial charge in [0.2, 0.25) is 0 Å². The van der Waals surface area contributed by atoms with Crippen LogP contribution in [0.3, 0.4) is 0 Å². The lowest BCUT2D eigenvalue weighted by molar-refractivity contribution is 0.0107. The second kappa shape index (κ2) is 7.27. The van der Waals surface area contributed by atoms with Gasteiger partial charge in [0.15, 0.2) is 0 Å². The van der Waals surface area contributed by atoms with Crippen molar-refractivity contribution in [3.05, 3.63) is 34.9 Å². The Hall–Kier alpha value is -0.710. The summed E-state index contributed by atoms with van der Waals surface area (Å²) in [7, 11) is 0. The van der Waals surface area contributed by atoms with E-state index in [9.17, 15) is 5.11 Å². The minimum atomic E-state index is -0.179. The summed E-state index contributed by atoms with van der Waals surface area (Å²) in [6.07, 6.45) is 9.35. The molecule has 2 aliphatic rings. The fourth-order valence-electron chi connectivity index (χ4n) is 4.32. The molecule has 0 amide bonds. The molecule has 3 heteroatoms. The predicted molar refractivity (Wildman–Crippen MR) is 108 cm³/mol. The average Bonchev–Trinajstić information content (AvgIpc) is 2.50. The molecule has 1 aromatic carbocycles. The average molecular weight is 440 g/mol. The van der Waals surface area contributed by atoms with Crippen LogP contribution in [0.25, 0.3) is 0 Å². The van der Waals surface area contributed by atoms with E-state index in [1.165, 1.54) is 34.8 Å². The number of aromatic hydroxyl groups is 1. The van der Waals surface area contributed by atoms with Gasteiger partial charge in [-0.25, -0.2) is 0 Å². The molecule has 0 spiro atoms. The van der Waals surface area contributed by atoms with Crippen LogP contribution in [0.4, 0.5) is 0 Å². The normalized spacial score (nSPS) is 24.6. The SMILES string of the molecule is CC1=C[C@H]2c3c(O)cc(CCCCCI)cc3OC(C)(C)[C@@H]2CC1. The Balaban J connectivity index is 1.91. The lowest BCUT2D eigenvalue weighted by Gasteiger charge is -2.46. The summed E-state index contributed by atoms with van der Waals surface area (Å²) in [6, 6.07) is 4.15. The van der Waals surface area contributed by atoms with Gasteiger partial charge in [0.25, 0.3) is 0 Å². The minimum Gasteiger partial charge on any atom is -0.507 e. The molecule has 1 N–H and O–H groups in total. The first-order chi connectivity index (χ1) is 11.4. The number of alkyl halides is 1. The Kier molecular flexibility index (Phi) is 5.48. The molecule has 1 heterocycles. The lowest BCUT2D eigenvalue weighted by Crippen LogP contribution is -2.45. The van der Waals surface area contributed by atoms with Crippen molar-refractivity contribution in [3.8, 4) is 11.5 Å². The number of fused-ring (bicyclic) bond motifs is 3. The van der Waals surface area contributed by atoms with Gasteiger partial charge >= 0.3 is 0 Å². The summed E-state index contributed by atoms with van der Waals surface area (Å²) < 4.78 is 7.60. The molecule has 1 aromatic rings. The fraction of sp³-hybridized carbons (Fsp3) is 0.619. The van der Waals surface area contributed by atoms with Crippen LogP contribution in [0, 0.1) is 5.92 Å². The lowest BCUT2D eigenvalue weighted by atomic mass is 9.68. The van der Waals surface area contributed by atoms with Crippen molar-refractivity contribution in [2.24, 2.45) is 5.92 Å². The monoisotopic (exact) mass is 440 g/mol. The predicted octanol–water partition coefficient (Wildman–Crippen LogP) is 6.15. The first-order valence-corrected chi connectivity index (χ1v) is 10.7. The van der Waals surface area contributed by atoms with Crippen LogP contribution >= 0.6 is 22.6 Å². The highest BCUT2D eigenvalue weighted by atomic mass is 127. The highest BCUT2D eigenvalue weighted by molar-refractivity contribution is 14.1. The van der Waals surface area contributed by atoms with E-state index in [0.29, 0.717) is 11.7 Å². The van der Waals surface area contributed by atoms with Crippen LogP contribution in [0.5, 0.6) is 11.5 Å². The minimum absolute atomic E-state index is 0.179. The third kappa shape index (κ3) is 3.61. The molecule has 24 heavy (non-hydrogen) atoms. The second-order valence-corrected chi connectivity index (χ2v) is 8.99. The van der Waals surface area contributed by atoms with Crippen molar-refractivity contribution < 1.29 is 9.84 Å². The number of phenolic OH excluding ortho intramolecular Hbond substituents is 1. The van der Waals surface area contributed by atoms with Crippen molar-refractivity contribution in [1.29, 1.82) is 0 Å². The number of rotatable bonds is 5. The van der Waals surface area contributed by atoms with Crippen molar-refractivity contribution in [1.82, 2.24) is 0 Å². The summed E-state index contributed by atoms with van der Waals surface area (Å²) in [5.74, 6) is 2.05. The van der Waals surface area contributed by atoms with Gasteiger partial charge in [-0.2, -0.15) is 0 Å². The van der Waals surface area contributed by atoms with E-state index in [-0.39, 0.29) is 11.5 Å². The smallest absolute Gasteiger partial charge is 0.127 e. The molecule has 3 rings (SSSR count). The molecule has 2 nitrogen and oxygen atoms in total. The number of phenols is 1. The zero-order valence-corrected chi connectivity index (χ0v) is 17.2. The number of allylic oxidation sites excluding steroid dienone is 2. The Bertz CT molecular complexity index is 633. The van der Waals surface area contributed by atoms with E-state index < -0.39 is 0 Å². The highest BCUT2D eigenvalue weighted by Gasteiger charge is 2.45. The molecule has 0 unspecified atom stereocenters. The third-order valence-electron chi connectivity index (χ3n) is 5.63. The van der Waals surface area contributed by atoms with Gasteiger partial charge < -0.3 is 9.84 Å². The van der Waals surface area contributed by atoms with Crippen LogP contribution < -0.4 is 4.74 Å². The van der Waals surface area contributed by atoms with Crippen LogP contribution in [0.15, 0.2) is 23.8 Å². The quantitative estimate of drug-likeness (QED) is 0.258. The summed E-state index contributed by atoms with van der Waals surface area (Å²) in [5.41, 5.74) is 3.46. The van der Waals surface area contributed by atoms with Gasteiger partial charge in [-0.15, -0.1) is 0 Å². The van der Waals surface area contributed by atoms with Crippen LogP contribution in [-0.2, 0) is 6.42 Å². The van der Waals surface area contributed by atoms with Gasteiger partial charge in [0, 0.05) is 17.4 Å². The number of aryl methyl sites for hydroxylation is 1. The maximum absolute atomic E-state index is 10.7. The fourth-order valence-corrected chi connectivity index (χ4v) is 4.86. The Morgan fingerprint density at radius 1 is 1.25 bits per heavy atom. The Morgan fingerprint density at radius 3 is 2.79 bits per heavy atom. The first-order valence-electron chi connectivity index (χ1n) is 9.20. The standard InChI is InChI=1S/C21H29IO2/c1-14-8-9-17-16(11-14)20-18(23)12-15(7-5-4-6-10-22)13-19(20)24-21(17,2)3/h11-13,16-17,23H,4-10H2,1-3H3/t16-,17-/m1/s1. The number of ether oxygens (including phenoxy) is 1. The Labute approximate surface area is 159 Å². The number of hydrogen-bond donors (Lipinski definition) is 1. The van der Waals surface area contributed by atoms with E-state index in [1.54, 1.807) is 0 Å². The third-order valence-corrected chi connectivity index (χ3v) is 6.39. The van der Waals surface area contributed by atoms with E-state index in [0.717, 1.165) is 30.6 Å². The van der Waals surface area contributed by atoms with E-state index in [1.807, 2.05) is 6.07 Å². The van der Waals surface area contributed by atoms with Gasteiger partial charge in [-0.1, -0.05) is 40.7 Å². The van der Waals surface area contributed by atoms with Crippen molar-refractivity contribution in [3.63, 3.8) is 0 Å². The Morgan fingerprint density at radius 2 is 2.04 bits per heavy atom. The van der Waals surface area contributed by atoms with Crippen LogP contribution in [0.2, 0.25) is 0 Å². The maximum atomic E-state index is 10.7. The zero-order chi connectivity index (χ0) is 17.3. The molecule has 2 atom stereocenters. The zero-order valence-electron chi connectivity index (χ0n) is 15.1. The molecular formula is C21H29IO2. The topological polar surface area (TPSA) is 29.5 Å². The summed E-state index contributed by atoms with van der Waals surface area (Å²) in [6.45, 7) is 6.61. The molecular weight excluding hydrogens is 411 g/mol. The van der Waals surface area contributed by atoms with Crippen LogP contribution in [0.1, 0.15) is 69.9 Å². The number of hydrogen-bond acceptors (Lipinski definition) is 2. The number of halogens is 1. The molecule has 0 saturated heterocycles. The second-order valence-electron chi connectivity index (χ2n) is 7.92. The van der Waals surface area contributed by atoms with E-state index >= 15 is 0 Å².